The van der Waals surface area contributed by atoms with Crippen LogP contribution in [0.15, 0.2) is 87.1 Å². The number of carbonyl (C=O) groups is 1. The monoisotopic (exact) mass is 504 g/mol. The summed E-state index contributed by atoms with van der Waals surface area (Å²) >= 11 is 4.89. The van der Waals surface area contributed by atoms with E-state index in [4.69, 9.17) is 0 Å². The lowest BCUT2D eigenvalue weighted by Gasteiger charge is -2.24. The third-order valence-electron chi connectivity index (χ3n) is 4.36. The number of thioether (sulfide) groups is 1. The lowest BCUT2D eigenvalue weighted by Crippen LogP contribution is -2.38. The average molecular weight is 505 g/mol. The van der Waals surface area contributed by atoms with Gasteiger partial charge in [-0.25, -0.2) is 8.42 Å². The molecule has 0 aliphatic heterocycles. The first kappa shape index (κ1) is 22.4. The molecule has 30 heavy (non-hydrogen) atoms. The summed E-state index contributed by atoms with van der Waals surface area (Å²) in [6, 6.07) is 20.8. The standard InChI is InChI=1S/C22H21BrN2O3S2/c1-16-6-8-19(9-7-16)25(15-22(26)24-18-5-3-4-17(23)14-18)30(27,28)21-12-10-20(29-2)11-13-21/h3-14H,15H2,1-2H3,(H,24,26). The topological polar surface area (TPSA) is 66.5 Å². The molecule has 156 valence electrons. The van der Waals surface area contributed by atoms with E-state index in [1.807, 2.05) is 31.4 Å². The van der Waals surface area contributed by atoms with Gasteiger partial charge < -0.3 is 5.32 Å². The third kappa shape index (κ3) is 5.44. The number of benzene rings is 3. The first-order chi connectivity index (χ1) is 14.3. The number of halogens is 1. The highest BCUT2D eigenvalue weighted by Crippen LogP contribution is 2.26. The third-order valence-corrected chi connectivity index (χ3v) is 7.39. The number of carbonyl (C=O) groups excluding carboxylic acids is 1. The molecule has 0 radical (unpaired) electrons. The average Bonchev–Trinajstić information content (AvgIpc) is 2.73. The van der Waals surface area contributed by atoms with E-state index in [0.717, 1.165) is 19.2 Å². The van der Waals surface area contributed by atoms with Gasteiger partial charge in [0.05, 0.1) is 10.6 Å². The second-order valence-corrected chi connectivity index (χ2v) is 10.2. The highest BCUT2D eigenvalue weighted by molar-refractivity contribution is 9.10. The van der Waals surface area contributed by atoms with E-state index in [1.54, 1.807) is 54.6 Å². The molecule has 0 spiro atoms. The van der Waals surface area contributed by atoms with Crippen molar-refractivity contribution in [2.24, 2.45) is 0 Å². The predicted molar refractivity (Wildman–Crippen MR) is 127 cm³/mol. The van der Waals surface area contributed by atoms with Gasteiger partial charge in [-0.3, -0.25) is 9.10 Å². The highest BCUT2D eigenvalue weighted by atomic mass is 79.9. The van der Waals surface area contributed by atoms with Gasteiger partial charge in [-0.15, -0.1) is 11.8 Å². The van der Waals surface area contributed by atoms with Crippen molar-refractivity contribution in [3.63, 3.8) is 0 Å². The molecule has 0 saturated carbocycles. The maximum absolute atomic E-state index is 13.4. The second-order valence-electron chi connectivity index (χ2n) is 6.58. The molecule has 1 N–H and O–H groups in total. The van der Waals surface area contributed by atoms with Crippen molar-refractivity contribution in [3.05, 3.63) is 82.8 Å². The Bertz CT molecular complexity index is 1130. The summed E-state index contributed by atoms with van der Waals surface area (Å²) in [6.07, 6.45) is 1.92. The van der Waals surface area contributed by atoms with Crippen molar-refractivity contribution in [1.29, 1.82) is 0 Å². The summed E-state index contributed by atoms with van der Waals surface area (Å²) in [7, 11) is -3.93. The Morgan fingerprint density at radius 3 is 2.30 bits per heavy atom. The Morgan fingerprint density at radius 2 is 1.70 bits per heavy atom. The molecule has 0 aliphatic rings. The van der Waals surface area contributed by atoms with E-state index in [0.29, 0.717) is 11.4 Å². The first-order valence-electron chi connectivity index (χ1n) is 9.08. The minimum atomic E-state index is -3.93. The van der Waals surface area contributed by atoms with Crippen LogP contribution in [0.1, 0.15) is 5.56 Å². The molecule has 3 rings (SSSR count). The molecule has 0 aliphatic carbocycles. The lowest BCUT2D eigenvalue weighted by molar-refractivity contribution is -0.114. The van der Waals surface area contributed by atoms with Crippen LogP contribution in [-0.2, 0) is 14.8 Å². The van der Waals surface area contributed by atoms with Crippen molar-refractivity contribution in [2.75, 3.05) is 22.4 Å². The predicted octanol–water partition coefficient (Wildman–Crippen LogP) is 5.31. The summed E-state index contributed by atoms with van der Waals surface area (Å²) in [4.78, 5) is 13.8. The Balaban J connectivity index is 1.93. The number of anilines is 2. The van der Waals surface area contributed by atoms with E-state index in [-0.39, 0.29) is 11.4 Å². The van der Waals surface area contributed by atoms with Crippen LogP contribution in [0.3, 0.4) is 0 Å². The van der Waals surface area contributed by atoms with Crippen LogP contribution in [0.2, 0.25) is 0 Å². The Labute approximate surface area is 189 Å². The van der Waals surface area contributed by atoms with Crippen LogP contribution < -0.4 is 9.62 Å². The number of nitrogens with one attached hydrogen (secondary N) is 1. The molecule has 0 heterocycles. The fourth-order valence-corrected chi connectivity index (χ4v) is 5.03. The number of rotatable bonds is 7. The van der Waals surface area contributed by atoms with E-state index in [9.17, 15) is 13.2 Å². The van der Waals surface area contributed by atoms with Gasteiger partial charge >= 0.3 is 0 Å². The summed E-state index contributed by atoms with van der Waals surface area (Å²) in [5, 5.41) is 2.76. The van der Waals surface area contributed by atoms with Crippen LogP contribution in [-0.4, -0.2) is 27.1 Å². The molecule has 0 aromatic heterocycles. The summed E-state index contributed by atoms with van der Waals surface area (Å²) < 4.78 is 28.7. The molecule has 0 atom stereocenters. The zero-order valence-corrected chi connectivity index (χ0v) is 19.7. The van der Waals surface area contributed by atoms with Gasteiger partial charge in [0, 0.05) is 15.1 Å². The molecular formula is C22H21BrN2O3S2. The molecule has 3 aromatic carbocycles. The number of amides is 1. The minimum absolute atomic E-state index is 0.135. The lowest BCUT2D eigenvalue weighted by atomic mass is 10.2. The zero-order chi connectivity index (χ0) is 21.7. The second kappa shape index (κ2) is 9.68. The quantitative estimate of drug-likeness (QED) is 0.442. The van der Waals surface area contributed by atoms with Gasteiger partial charge in [0.15, 0.2) is 0 Å². The van der Waals surface area contributed by atoms with Gasteiger partial charge in [0.1, 0.15) is 6.54 Å². The highest BCUT2D eigenvalue weighted by Gasteiger charge is 2.27. The normalized spacial score (nSPS) is 11.2. The van der Waals surface area contributed by atoms with Gasteiger partial charge in [0.2, 0.25) is 5.91 Å². The van der Waals surface area contributed by atoms with Crippen molar-refractivity contribution in [1.82, 2.24) is 0 Å². The van der Waals surface area contributed by atoms with Gasteiger partial charge in [-0.2, -0.15) is 0 Å². The van der Waals surface area contributed by atoms with E-state index < -0.39 is 15.9 Å². The Hall–Kier alpha value is -2.29. The van der Waals surface area contributed by atoms with Crippen LogP contribution in [0, 0.1) is 6.92 Å². The van der Waals surface area contributed by atoms with Crippen LogP contribution in [0.25, 0.3) is 0 Å². The van der Waals surface area contributed by atoms with E-state index in [1.165, 1.54) is 11.8 Å². The molecule has 0 fully saturated rings. The van der Waals surface area contributed by atoms with Crippen LogP contribution >= 0.6 is 27.7 Å². The molecular weight excluding hydrogens is 484 g/mol. The summed E-state index contributed by atoms with van der Waals surface area (Å²) in [6.45, 7) is 1.58. The maximum Gasteiger partial charge on any atom is 0.264 e. The molecule has 0 bridgehead atoms. The van der Waals surface area contributed by atoms with Crippen molar-refractivity contribution >= 4 is 55.0 Å². The summed E-state index contributed by atoms with van der Waals surface area (Å²) in [5.74, 6) is -0.432. The Kier molecular flexibility index (Phi) is 7.23. The number of hydrogen-bond donors (Lipinski definition) is 1. The maximum atomic E-state index is 13.4. The van der Waals surface area contributed by atoms with E-state index in [2.05, 4.69) is 21.2 Å². The number of sulfonamides is 1. The van der Waals surface area contributed by atoms with Crippen molar-refractivity contribution < 1.29 is 13.2 Å². The zero-order valence-electron chi connectivity index (χ0n) is 16.5. The minimum Gasteiger partial charge on any atom is -0.324 e. The largest absolute Gasteiger partial charge is 0.324 e. The van der Waals surface area contributed by atoms with Gasteiger partial charge in [-0.05, 0) is 67.8 Å². The SMILES string of the molecule is CSc1ccc(S(=O)(=O)N(CC(=O)Nc2cccc(Br)c2)c2ccc(C)cc2)cc1. The summed E-state index contributed by atoms with van der Waals surface area (Å²) in [5.41, 5.74) is 2.01. The van der Waals surface area contributed by atoms with Crippen molar-refractivity contribution in [3.8, 4) is 0 Å². The van der Waals surface area contributed by atoms with Gasteiger partial charge in [-0.1, -0.05) is 39.7 Å². The van der Waals surface area contributed by atoms with Crippen LogP contribution in [0.4, 0.5) is 11.4 Å². The van der Waals surface area contributed by atoms with E-state index >= 15 is 0 Å². The molecule has 5 nitrogen and oxygen atoms in total. The first-order valence-corrected chi connectivity index (χ1v) is 12.5. The fraction of sp³-hybridized carbons (Fsp3) is 0.136. The van der Waals surface area contributed by atoms with Crippen molar-refractivity contribution in [2.45, 2.75) is 16.7 Å². The van der Waals surface area contributed by atoms with Crippen LogP contribution in [0.5, 0.6) is 0 Å². The Morgan fingerprint density at radius 1 is 1.03 bits per heavy atom. The molecule has 3 aromatic rings. The number of hydrogen-bond acceptors (Lipinski definition) is 4. The molecule has 0 unspecified atom stereocenters. The molecule has 1 amide bonds. The fourth-order valence-electron chi connectivity index (χ4n) is 2.80. The van der Waals surface area contributed by atoms with Gasteiger partial charge in [0.25, 0.3) is 10.0 Å². The smallest absolute Gasteiger partial charge is 0.264 e. The number of nitrogens with zero attached hydrogens (tertiary/aromatic N) is 1. The molecule has 8 heteroatoms. The molecule has 0 saturated heterocycles. The number of aryl methyl sites for hydroxylation is 1.